The quantitative estimate of drug-likeness (QED) is 0.480. The predicted molar refractivity (Wildman–Crippen MR) is 60.7 cm³/mol. The number of para-hydroxylation sites is 2. The van der Waals surface area contributed by atoms with Crippen molar-refractivity contribution in [2.45, 2.75) is 13.2 Å². The fourth-order valence-electron chi connectivity index (χ4n) is 1.36. The molecule has 0 aliphatic rings. The number of rotatable bonds is 5. The van der Waals surface area contributed by atoms with Gasteiger partial charge in [0, 0.05) is 14.2 Å². The van der Waals surface area contributed by atoms with Gasteiger partial charge in [-0.3, -0.25) is 4.79 Å². The van der Waals surface area contributed by atoms with Crippen LogP contribution in [0, 0.1) is 5.92 Å². The summed E-state index contributed by atoms with van der Waals surface area (Å²) in [5, 5.41) is 9.45. The Balaban J connectivity index is 2.69. The van der Waals surface area contributed by atoms with E-state index in [1.165, 1.54) is 26.4 Å². The molecule has 5 heteroatoms. The summed E-state index contributed by atoms with van der Waals surface area (Å²) >= 11 is 0. The van der Waals surface area contributed by atoms with Gasteiger partial charge < -0.3 is 19.3 Å². The first-order valence-corrected chi connectivity index (χ1v) is 5.15. The number of aromatic hydroxyl groups is 1. The maximum Gasteiger partial charge on any atom is 0.319 e. The molecule has 1 atom stereocenters. The van der Waals surface area contributed by atoms with Crippen molar-refractivity contribution in [3.63, 3.8) is 0 Å². The second-order valence-corrected chi connectivity index (χ2v) is 3.52. The van der Waals surface area contributed by atoms with Crippen LogP contribution in [0.5, 0.6) is 11.5 Å². The molecule has 1 aromatic rings. The van der Waals surface area contributed by atoms with E-state index in [-0.39, 0.29) is 11.5 Å². The third-order valence-corrected chi connectivity index (χ3v) is 2.32. The van der Waals surface area contributed by atoms with Gasteiger partial charge in [-0.05, 0) is 19.1 Å². The number of hydrogen-bond acceptors (Lipinski definition) is 5. The summed E-state index contributed by atoms with van der Waals surface area (Å²) in [5.41, 5.74) is 0. The number of esters is 1. The molecule has 1 N–H and O–H groups in total. The van der Waals surface area contributed by atoms with E-state index in [0.29, 0.717) is 0 Å². The van der Waals surface area contributed by atoms with Crippen LogP contribution in [0.2, 0.25) is 0 Å². The molecule has 0 radical (unpaired) electrons. The molecule has 0 amide bonds. The highest BCUT2D eigenvalue weighted by Gasteiger charge is 2.26. The first-order valence-electron chi connectivity index (χ1n) is 5.15. The van der Waals surface area contributed by atoms with Gasteiger partial charge in [0.15, 0.2) is 17.8 Å². The van der Waals surface area contributed by atoms with E-state index >= 15 is 0 Å². The van der Waals surface area contributed by atoms with Crippen LogP contribution >= 0.6 is 0 Å². The van der Waals surface area contributed by atoms with Crippen LogP contribution in [0.4, 0.5) is 0 Å². The minimum absolute atomic E-state index is 0.0839. The lowest BCUT2D eigenvalue weighted by Gasteiger charge is -2.19. The number of carbonyl (C=O) groups is 1. The van der Waals surface area contributed by atoms with E-state index in [2.05, 4.69) is 0 Å². The number of phenolic OH excluding ortho intramolecular Hbond substituents is 1. The topological polar surface area (TPSA) is 65.0 Å². The third kappa shape index (κ3) is 3.44. The van der Waals surface area contributed by atoms with Crippen LogP contribution in [-0.2, 0) is 14.3 Å². The minimum Gasteiger partial charge on any atom is -0.504 e. The van der Waals surface area contributed by atoms with E-state index in [0.717, 1.165) is 0 Å². The number of benzene rings is 1. The molecule has 0 saturated heterocycles. The first kappa shape index (κ1) is 13.5. The zero-order chi connectivity index (χ0) is 12.8. The van der Waals surface area contributed by atoms with Crippen molar-refractivity contribution >= 4 is 5.97 Å². The van der Waals surface area contributed by atoms with Crippen molar-refractivity contribution in [1.82, 2.24) is 0 Å². The molecule has 94 valence electrons. The maximum absolute atomic E-state index is 11.7. The Morgan fingerprint density at radius 2 is 1.82 bits per heavy atom. The number of methoxy groups -OCH3 is 2. The molecule has 0 saturated carbocycles. The zero-order valence-electron chi connectivity index (χ0n) is 10.0. The largest absolute Gasteiger partial charge is 0.504 e. The van der Waals surface area contributed by atoms with Gasteiger partial charge in [-0.2, -0.15) is 0 Å². The van der Waals surface area contributed by atoms with Gasteiger partial charge >= 0.3 is 5.97 Å². The zero-order valence-corrected chi connectivity index (χ0v) is 10.0. The Bertz CT molecular complexity index is 373. The van der Waals surface area contributed by atoms with Gasteiger partial charge in [-0.15, -0.1) is 0 Å². The van der Waals surface area contributed by atoms with E-state index in [1.807, 2.05) is 0 Å². The predicted octanol–water partition coefficient (Wildman–Crippen LogP) is 1.55. The second kappa shape index (κ2) is 6.22. The highest BCUT2D eigenvalue weighted by atomic mass is 16.7. The van der Waals surface area contributed by atoms with Gasteiger partial charge in [0.1, 0.15) is 5.92 Å². The summed E-state index contributed by atoms with van der Waals surface area (Å²) in [7, 11) is 2.88. The normalized spacial score (nSPS) is 12.5. The molecule has 0 heterocycles. The van der Waals surface area contributed by atoms with Crippen LogP contribution in [0.25, 0.3) is 0 Å². The summed E-state index contributed by atoms with van der Waals surface area (Å²) in [6, 6.07) is 6.26. The van der Waals surface area contributed by atoms with Crippen molar-refractivity contribution < 1.29 is 24.1 Å². The van der Waals surface area contributed by atoms with E-state index in [9.17, 15) is 9.90 Å². The monoisotopic (exact) mass is 240 g/mol. The fourth-order valence-corrected chi connectivity index (χ4v) is 1.36. The molecule has 1 rings (SSSR count). The average Bonchev–Trinajstić information content (AvgIpc) is 2.33. The van der Waals surface area contributed by atoms with Gasteiger partial charge in [0.05, 0.1) is 0 Å². The van der Waals surface area contributed by atoms with Crippen molar-refractivity contribution in [2.75, 3.05) is 14.2 Å². The van der Waals surface area contributed by atoms with E-state index in [4.69, 9.17) is 14.2 Å². The second-order valence-electron chi connectivity index (χ2n) is 3.52. The summed E-state index contributed by atoms with van der Waals surface area (Å²) in [6.45, 7) is 1.62. The molecule has 5 nitrogen and oxygen atoms in total. The molecule has 1 aromatic carbocycles. The van der Waals surface area contributed by atoms with Crippen molar-refractivity contribution in [3.8, 4) is 11.5 Å². The molecule has 1 unspecified atom stereocenters. The molecule has 0 aliphatic heterocycles. The van der Waals surface area contributed by atoms with Crippen molar-refractivity contribution in [3.05, 3.63) is 24.3 Å². The molecular weight excluding hydrogens is 224 g/mol. The Hall–Kier alpha value is -1.59. The minimum atomic E-state index is -0.673. The Labute approximate surface area is 99.9 Å². The smallest absolute Gasteiger partial charge is 0.319 e. The fraction of sp³-hybridized carbons (Fsp3) is 0.417. The third-order valence-electron chi connectivity index (χ3n) is 2.32. The SMILES string of the molecule is COC(OC)C(C)C(=O)Oc1ccccc1O. The molecule has 17 heavy (non-hydrogen) atoms. The van der Waals surface area contributed by atoms with Crippen molar-refractivity contribution in [2.24, 2.45) is 5.92 Å². The average molecular weight is 240 g/mol. The highest BCUT2D eigenvalue weighted by molar-refractivity contribution is 5.75. The summed E-state index contributed by atoms with van der Waals surface area (Å²) in [6.07, 6.45) is -0.673. The van der Waals surface area contributed by atoms with Gasteiger partial charge in [-0.25, -0.2) is 0 Å². The Morgan fingerprint density at radius 1 is 1.24 bits per heavy atom. The number of ether oxygens (including phenoxy) is 3. The number of hydrogen-bond donors (Lipinski definition) is 1. The van der Waals surface area contributed by atoms with Crippen LogP contribution < -0.4 is 4.74 Å². The summed E-state index contributed by atoms with van der Waals surface area (Å²) in [4.78, 5) is 11.7. The van der Waals surface area contributed by atoms with Crippen LogP contribution in [0.1, 0.15) is 6.92 Å². The van der Waals surface area contributed by atoms with Gasteiger partial charge in [-0.1, -0.05) is 12.1 Å². The molecular formula is C12H16O5. The standard InChI is InChI=1S/C12H16O5/c1-8(12(15-2)16-3)11(14)17-10-7-5-4-6-9(10)13/h4-8,12-13H,1-3H3. The lowest BCUT2D eigenvalue weighted by atomic mass is 10.2. The first-order chi connectivity index (χ1) is 8.10. The van der Waals surface area contributed by atoms with Crippen LogP contribution in [0.3, 0.4) is 0 Å². The Morgan fingerprint density at radius 3 is 2.35 bits per heavy atom. The van der Waals surface area contributed by atoms with Gasteiger partial charge in [0.2, 0.25) is 0 Å². The summed E-state index contributed by atoms with van der Waals surface area (Å²) in [5.74, 6) is -1.08. The number of phenols is 1. The van der Waals surface area contributed by atoms with Crippen LogP contribution in [-0.4, -0.2) is 31.6 Å². The Kier molecular flexibility index (Phi) is 4.93. The molecule has 0 bridgehead atoms. The molecule has 0 aromatic heterocycles. The van der Waals surface area contributed by atoms with E-state index in [1.54, 1.807) is 19.1 Å². The maximum atomic E-state index is 11.7. The van der Waals surface area contributed by atoms with E-state index < -0.39 is 18.2 Å². The molecule has 0 spiro atoms. The number of carbonyl (C=O) groups excluding carboxylic acids is 1. The van der Waals surface area contributed by atoms with Crippen LogP contribution in [0.15, 0.2) is 24.3 Å². The lowest BCUT2D eigenvalue weighted by Crippen LogP contribution is -2.32. The van der Waals surface area contributed by atoms with Crippen molar-refractivity contribution in [1.29, 1.82) is 0 Å². The van der Waals surface area contributed by atoms with Gasteiger partial charge in [0.25, 0.3) is 0 Å². The summed E-state index contributed by atoms with van der Waals surface area (Å²) < 4.78 is 15.0. The highest BCUT2D eigenvalue weighted by Crippen LogP contribution is 2.25. The molecule has 0 fully saturated rings. The molecule has 0 aliphatic carbocycles. The lowest BCUT2D eigenvalue weighted by molar-refractivity contribution is -0.166.